The van der Waals surface area contributed by atoms with Gasteiger partial charge >= 0.3 is 5.97 Å². The number of nitrogens with two attached hydrogens (primary N) is 1. The monoisotopic (exact) mass is 284 g/mol. The van der Waals surface area contributed by atoms with Crippen molar-refractivity contribution in [3.8, 4) is 12.3 Å². The Labute approximate surface area is 116 Å². The van der Waals surface area contributed by atoms with E-state index in [1.807, 2.05) is 6.07 Å². The topological polar surface area (TPSA) is 76.2 Å². The molecule has 0 aromatic heterocycles. The number of nitrogens with one attached hydrogen (secondary N) is 1. The number of amidine groups is 1. The molecule has 0 saturated heterocycles. The molecule has 1 rings (SSSR count). The predicted molar refractivity (Wildman–Crippen MR) is 76.0 cm³/mol. The molecule has 0 aliphatic carbocycles. The third kappa shape index (κ3) is 5.62. The Morgan fingerprint density at radius 3 is 2.89 bits per heavy atom. The second-order valence-electron chi connectivity index (χ2n) is 3.13. The van der Waals surface area contributed by atoms with Crippen LogP contribution in [-0.2, 0) is 10.5 Å². The number of ether oxygens (including phenoxy) is 1. The van der Waals surface area contributed by atoms with Gasteiger partial charge in [0, 0.05) is 5.75 Å². The number of terminal acetylenes is 1. The molecule has 0 spiro atoms. The summed E-state index contributed by atoms with van der Waals surface area (Å²) in [5, 5.41) is 7.15. The Morgan fingerprint density at radius 2 is 2.28 bits per heavy atom. The maximum Gasteiger partial charge on any atom is 0.339 e. The lowest BCUT2D eigenvalue weighted by atomic mass is 10.1. The van der Waals surface area contributed by atoms with Gasteiger partial charge in [0.25, 0.3) is 0 Å². The number of hydrogen-bond acceptors (Lipinski definition) is 4. The number of carbonyl (C=O) groups is 1. The highest BCUT2D eigenvalue weighted by Gasteiger charge is 2.07. The second-order valence-corrected chi connectivity index (χ2v) is 4.15. The van der Waals surface area contributed by atoms with Crippen LogP contribution in [0.15, 0.2) is 24.3 Å². The average molecular weight is 285 g/mol. The van der Waals surface area contributed by atoms with Crippen molar-refractivity contribution in [3.05, 3.63) is 35.4 Å². The first kappa shape index (κ1) is 16.4. The van der Waals surface area contributed by atoms with Crippen molar-refractivity contribution in [2.24, 2.45) is 5.73 Å². The van der Waals surface area contributed by atoms with Crippen LogP contribution in [0.3, 0.4) is 0 Å². The first-order valence-corrected chi connectivity index (χ1v) is 5.78. The molecule has 0 fully saturated rings. The van der Waals surface area contributed by atoms with Crippen molar-refractivity contribution in [1.82, 2.24) is 0 Å². The zero-order valence-electron chi connectivity index (χ0n) is 9.51. The SMILES string of the molecule is C#CCOC(=O)c1cccc(CSC(=N)N)c1.Cl. The maximum atomic E-state index is 11.5. The smallest absolute Gasteiger partial charge is 0.339 e. The van der Waals surface area contributed by atoms with Gasteiger partial charge in [-0.2, -0.15) is 0 Å². The fourth-order valence-corrected chi connectivity index (χ4v) is 1.64. The molecule has 0 aliphatic heterocycles. The zero-order valence-corrected chi connectivity index (χ0v) is 11.1. The summed E-state index contributed by atoms with van der Waals surface area (Å²) < 4.78 is 4.81. The van der Waals surface area contributed by atoms with Gasteiger partial charge in [0.2, 0.25) is 0 Å². The highest BCUT2D eigenvalue weighted by molar-refractivity contribution is 8.13. The van der Waals surface area contributed by atoms with Crippen LogP contribution in [0.4, 0.5) is 0 Å². The van der Waals surface area contributed by atoms with E-state index in [0.29, 0.717) is 11.3 Å². The minimum atomic E-state index is -0.447. The van der Waals surface area contributed by atoms with Crippen LogP contribution in [0.2, 0.25) is 0 Å². The van der Waals surface area contributed by atoms with Gasteiger partial charge in [-0.05, 0) is 17.7 Å². The molecule has 0 unspecified atom stereocenters. The van der Waals surface area contributed by atoms with Crippen LogP contribution in [0, 0.1) is 17.8 Å². The van der Waals surface area contributed by atoms with Gasteiger partial charge in [-0.1, -0.05) is 29.8 Å². The normalized spacial score (nSPS) is 8.83. The highest BCUT2D eigenvalue weighted by atomic mass is 35.5. The number of benzene rings is 1. The lowest BCUT2D eigenvalue weighted by molar-refractivity contribution is 0.0556. The van der Waals surface area contributed by atoms with Gasteiger partial charge in [0.05, 0.1) is 5.56 Å². The highest BCUT2D eigenvalue weighted by Crippen LogP contribution is 2.13. The molecule has 1 aromatic carbocycles. The summed E-state index contributed by atoms with van der Waals surface area (Å²) in [6.45, 7) is -0.0365. The lowest BCUT2D eigenvalue weighted by Gasteiger charge is -2.04. The first-order chi connectivity index (χ1) is 8.13. The summed E-state index contributed by atoms with van der Waals surface area (Å²) in [7, 11) is 0. The summed E-state index contributed by atoms with van der Waals surface area (Å²) in [6, 6.07) is 6.96. The number of thioether (sulfide) groups is 1. The molecule has 1 aromatic rings. The largest absolute Gasteiger partial charge is 0.449 e. The molecule has 0 saturated carbocycles. The van der Waals surface area contributed by atoms with Crippen LogP contribution in [0.5, 0.6) is 0 Å². The Bertz CT molecular complexity index is 471. The summed E-state index contributed by atoms with van der Waals surface area (Å²) in [5.74, 6) is 2.33. The predicted octanol–water partition coefficient (Wildman–Crippen LogP) is 2.03. The van der Waals surface area contributed by atoms with Crippen molar-refractivity contribution in [3.63, 3.8) is 0 Å². The summed E-state index contributed by atoms with van der Waals surface area (Å²) in [5.41, 5.74) is 6.59. The van der Waals surface area contributed by atoms with Crippen molar-refractivity contribution < 1.29 is 9.53 Å². The molecule has 96 valence electrons. The number of halogens is 1. The van der Waals surface area contributed by atoms with Gasteiger partial charge in [-0.25, -0.2) is 4.79 Å². The molecule has 0 radical (unpaired) electrons. The third-order valence-electron chi connectivity index (χ3n) is 1.84. The first-order valence-electron chi connectivity index (χ1n) is 4.80. The molecule has 18 heavy (non-hydrogen) atoms. The van der Waals surface area contributed by atoms with Crippen molar-refractivity contribution in [2.75, 3.05) is 6.61 Å². The fraction of sp³-hybridized carbons (Fsp3) is 0.167. The zero-order chi connectivity index (χ0) is 12.7. The van der Waals surface area contributed by atoms with Gasteiger partial charge in [0.1, 0.15) is 0 Å². The van der Waals surface area contributed by atoms with E-state index >= 15 is 0 Å². The van der Waals surface area contributed by atoms with Crippen LogP contribution in [0.25, 0.3) is 0 Å². The minimum Gasteiger partial charge on any atom is -0.449 e. The Kier molecular flexibility index (Phi) is 7.68. The van der Waals surface area contributed by atoms with E-state index in [1.165, 1.54) is 11.8 Å². The van der Waals surface area contributed by atoms with Crippen molar-refractivity contribution >= 4 is 35.3 Å². The Hall–Kier alpha value is -1.64. The molecule has 0 bridgehead atoms. The summed E-state index contributed by atoms with van der Waals surface area (Å²) >= 11 is 1.20. The molecule has 0 amide bonds. The third-order valence-corrected chi connectivity index (χ3v) is 2.63. The molecule has 0 atom stereocenters. The number of carbonyl (C=O) groups excluding carboxylic acids is 1. The molecule has 0 heterocycles. The van der Waals surface area contributed by atoms with Gasteiger partial charge in [-0.15, -0.1) is 18.8 Å². The molecule has 6 heteroatoms. The van der Waals surface area contributed by atoms with E-state index < -0.39 is 5.97 Å². The van der Waals surface area contributed by atoms with E-state index in [9.17, 15) is 4.79 Å². The maximum absolute atomic E-state index is 11.5. The molecule has 3 N–H and O–H groups in total. The Morgan fingerprint density at radius 1 is 1.56 bits per heavy atom. The van der Waals surface area contributed by atoms with E-state index in [1.54, 1.807) is 18.2 Å². The number of esters is 1. The van der Waals surface area contributed by atoms with E-state index in [4.69, 9.17) is 22.3 Å². The fourth-order valence-electron chi connectivity index (χ4n) is 1.14. The van der Waals surface area contributed by atoms with Crippen LogP contribution < -0.4 is 5.73 Å². The Balaban J connectivity index is 0.00000289. The van der Waals surface area contributed by atoms with Gasteiger partial charge in [0.15, 0.2) is 11.8 Å². The van der Waals surface area contributed by atoms with Crippen LogP contribution in [0.1, 0.15) is 15.9 Å². The molecular formula is C12H13ClN2O2S. The van der Waals surface area contributed by atoms with Crippen molar-refractivity contribution in [2.45, 2.75) is 5.75 Å². The van der Waals surface area contributed by atoms with E-state index in [0.717, 1.165) is 5.56 Å². The van der Waals surface area contributed by atoms with Crippen LogP contribution in [-0.4, -0.2) is 17.7 Å². The standard InChI is InChI=1S/C12H12N2O2S.ClH/c1-2-6-16-11(15)10-5-3-4-9(7-10)8-17-12(13)14;/h1,3-5,7H,6,8H2,(H3,13,14);1H. The van der Waals surface area contributed by atoms with E-state index in [2.05, 4.69) is 5.92 Å². The molecule has 4 nitrogen and oxygen atoms in total. The lowest BCUT2D eigenvalue weighted by Crippen LogP contribution is -2.06. The quantitative estimate of drug-likeness (QED) is 0.384. The van der Waals surface area contributed by atoms with Crippen molar-refractivity contribution in [1.29, 1.82) is 5.41 Å². The second kappa shape index (κ2) is 8.45. The summed E-state index contributed by atoms with van der Waals surface area (Å²) in [4.78, 5) is 11.5. The minimum absolute atomic E-state index is 0. The molecular weight excluding hydrogens is 272 g/mol. The molecule has 0 aliphatic rings. The van der Waals surface area contributed by atoms with Crippen LogP contribution >= 0.6 is 24.2 Å². The average Bonchev–Trinajstić information content (AvgIpc) is 2.33. The number of rotatable bonds is 4. The van der Waals surface area contributed by atoms with E-state index in [-0.39, 0.29) is 24.2 Å². The summed E-state index contributed by atoms with van der Waals surface area (Å²) in [6.07, 6.45) is 5.00. The van der Waals surface area contributed by atoms with Gasteiger partial charge < -0.3 is 10.5 Å². The number of hydrogen-bond donors (Lipinski definition) is 2. The van der Waals surface area contributed by atoms with Gasteiger partial charge in [-0.3, -0.25) is 5.41 Å².